The molecule has 0 bridgehead atoms. The molecule has 0 N–H and O–H groups in total. The van der Waals surface area contributed by atoms with Crippen LogP contribution < -0.4 is 0 Å². The van der Waals surface area contributed by atoms with Crippen LogP contribution in [0.15, 0.2) is 126 Å². The van der Waals surface area contributed by atoms with E-state index in [2.05, 4.69) is 93.9 Å². The SMILES string of the molecule is c1ccc2nc(-n3c4cccc5c4c4c3ccc3c6ccccc6n5c34)c(-c3ccc4oc5ccccc5c4c3)nc2c1. The van der Waals surface area contributed by atoms with Crippen LogP contribution in [0.3, 0.4) is 0 Å². The average Bonchev–Trinajstić information content (AvgIpc) is 3.79. The van der Waals surface area contributed by atoms with E-state index < -0.39 is 0 Å². The van der Waals surface area contributed by atoms with E-state index in [0.29, 0.717) is 0 Å². The Hall–Kier alpha value is -5.94. The number of rotatable bonds is 2. The molecular formula is C38H20N4O. The molecule has 11 rings (SSSR count). The Morgan fingerprint density at radius 1 is 0.488 bits per heavy atom. The molecule has 43 heavy (non-hydrogen) atoms. The second kappa shape index (κ2) is 7.46. The fourth-order valence-electron chi connectivity index (χ4n) is 7.46. The van der Waals surface area contributed by atoms with Crippen molar-refractivity contribution < 1.29 is 4.42 Å². The van der Waals surface area contributed by atoms with Gasteiger partial charge < -0.3 is 8.82 Å². The highest BCUT2D eigenvalue weighted by atomic mass is 16.3. The van der Waals surface area contributed by atoms with Crippen LogP contribution in [0.5, 0.6) is 0 Å². The first-order valence-corrected chi connectivity index (χ1v) is 14.5. The van der Waals surface area contributed by atoms with Gasteiger partial charge in [0.2, 0.25) is 0 Å². The minimum atomic E-state index is 0.826. The fraction of sp³-hybridized carbons (Fsp3) is 0. The van der Waals surface area contributed by atoms with Crippen molar-refractivity contribution in [3.05, 3.63) is 121 Å². The summed E-state index contributed by atoms with van der Waals surface area (Å²) in [7, 11) is 0. The van der Waals surface area contributed by atoms with E-state index in [1.807, 2.05) is 36.4 Å². The minimum absolute atomic E-state index is 0.826. The van der Waals surface area contributed by atoms with Gasteiger partial charge in [-0.05, 0) is 60.7 Å². The van der Waals surface area contributed by atoms with Crippen LogP contribution in [-0.4, -0.2) is 18.9 Å². The second-order valence-electron chi connectivity index (χ2n) is 11.4. The van der Waals surface area contributed by atoms with Crippen LogP contribution in [0.2, 0.25) is 0 Å². The van der Waals surface area contributed by atoms with Gasteiger partial charge >= 0.3 is 0 Å². The van der Waals surface area contributed by atoms with Crippen LogP contribution in [0, 0.1) is 0 Å². The van der Waals surface area contributed by atoms with Crippen molar-refractivity contribution in [1.29, 1.82) is 0 Å². The number of aromatic nitrogens is 4. The molecule has 5 heteroatoms. The second-order valence-corrected chi connectivity index (χ2v) is 11.4. The van der Waals surface area contributed by atoms with Crippen molar-refractivity contribution in [2.24, 2.45) is 0 Å². The Labute approximate surface area is 243 Å². The number of hydrogen-bond donors (Lipinski definition) is 0. The van der Waals surface area contributed by atoms with E-state index in [9.17, 15) is 0 Å². The summed E-state index contributed by atoms with van der Waals surface area (Å²) in [5.74, 6) is 0.826. The summed E-state index contributed by atoms with van der Waals surface area (Å²) >= 11 is 0. The summed E-state index contributed by atoms with van der Waals surface area (Å²) in [5, 5.41) is 7.27. The molecule has 0 aliphatic heterocycles. The molecule has 0 aliphatic rings. The molecule has 0 spiro atoms. The predicted octanol–water partition coefficient (Wildman–Crippen LogP) is 9.73. The average molecular weight is 549 g/mol. The van der Waals surface area contributed by atoms with Gasteiger partial charge in [0.1, 0.15) is 16.9 Å². The van der Waals surface area contributed by atoms with E-state index in [1.54, 1.807) is 0 Å². The zero-order valence-electron chi connectivity index (χ0n) is 22.7. The Bertz CT molecular complexity index is 2900. The lowest BCUT2D eigenvalue weighted by molar-refractivity contribution is 0.669. The van der Waals surface area contributed by atoms with Crippen LogP contribution in [0.25, 0.3) is 99.2 Å². The normalized spacial score (nSPS) is 12.7. The number of furan rings is 1. The smallest absolute Gasteiger partial charge is 0.165 e. The van der Waals surface area contributed by atoms with Gasteiger partial charge in [-0.25, -0.2) is 9.97 Å². The van der Waals surface area contributed by atoms with E-state index in [1.165, 1.54) is 38.1 Å². The molecule has 6 aromatic carbocycles. The number of para-hydroxylation sites is 4. The van der Waals surface area contributed by atoms with Crippen LogP contribution >= 0.6 is 0 Å². The molecular weight excluding hydrogens is 528 g/mol. The third-order valence-electron chi connectivity index (χ3n) is 9.22. The van der Waals surface area contributed by atoms with Crippen molar-refractivity contribution in [2.45, 2.75) is 0 Å². The summed E-state index contributed by atoms with van der Waals surface area (Å²) in [5.41, 5.74) is 11.3. The van der Waals surface area contributed by atoms with Gasteiger partial charge in [-0.1, -0.05) is 60.7 Å². The highest BCUT2D eigenvalue weighted by Crippen LogP contribution is 2.46. The number of fused-ring (bicyclic) bond motifs is 8. The zero-order chi connectivity index (χ0) is 27.8. The molecule has 0 saturated carbocycles. The Morgan fingerprint density at radius 3 is 2.14 bits per heavy atom. The topological polar surface area (TPSA) is 48.3 Å². The van der Waals surface area contributed by atoms with Crippen molar-refractivity contribution in [2.75, 3.05) is 0 Å². The maximum Gasteiger partial charge on any atom is 0.165 e. The Morgan fingerprint density at radius 2 is 1.21 bits per heavy atom. The van der Waals surface area contributed by atoms with Gasteiger partial charge in [-0.15, -0.1) is 0 Å². The van der Waals surface area contributed by atoms with E-state index in [0.717, 1.165) is 61.1 Å². The zero-order valence-corrected chi connectivity index (χ0v) is 22.7. The lowest BCUT2D eigenvalue weighted by atomic mass is 10.1. The quantitative estimate of drug-likeness (QED) is 0.216. The van der Waals surface area contributed by atoms with Gasteiger partial charge in [-0.3, -0.25) is 4.57 Å². The Kier molecular flexibility index (Phi) is 3.78. The Balaban J connectivity index is 1.30. The first-order chi connectivity index (χ1) is 21.3. The molecule has 0 radical (unpaired) electrons. The molecule has 5 heterocycles. The van der Waals surface area contributed by atoms with Crippen molar-refractivity contribution in [3.8, 4) is 17.1 Å². The number of hydrogen-bond acceptors (Lipinski definition) is 3. The molecule has 0 amide bonds. The van der Waals surface area contributed by atoms with Gasteiger partial charge in [0, 0.05) is 37.9 Å². The van der Waals surface area contributed by atoms with Gasteiger partial charge in [-0.2, -0.15) is 0 Å². The molecule has 0 atom stereocenters. The molecule has 0 fully saturated rings. The third-order valence-corrected chi connectivity index (χ3v) is 9.22. The van der Waals surface area contributed by atoms with Gasteiger partial charge in [0.05, 0.1) is 38.6 Å². The molecule has 0 unspecified atom stereocenters. The monoisotopic (exact) mass is 548 g/mol. The maximum absolute atomic E-state index is 6.16. The highest BCUT2D eigenvalue weighted by Gasteiger charge is 2.27. The van der Waals surface area contributed by atoms with Gasteiger partial charge in [0.25, 0.3) is 0 Å². The largest absolute Gasteiger partial charge is 0.456 e. The predicted molar refractivity (Wildman–Crippen MR) is 175 cm³/mol. The molecule has 0 aliphatic carbocycles. The molecule has 5 nitrogen and oxygen atoms in total. The van der Waals surface area contributed by atoms with Gasteiger partial charge in [0.15, 0.2) is 5.82 Å². The summed E-state index contributed by atoms with van der Waals surface area (Å²) in [6, 6.07) is 42.5. The first kappa shape index (κ1) is 21.8. The lowest BCUT2D eigenvalue weighted by Crippen LogP contribution is -2.04. The molecule has 0 saturated heterocycles. The van der Waals surface area contributed by atoms with Crippen LogP contribution in [0.1, 0.15) is 0 Å². The van der Waals surface area contributed by atoms with Crippen LogP contribution in [-0.2, 0) is 0 Å². The summed E-state index contributed by atoms with van der Waals surface area (Å²) < 4.78 is 10.9. The highest BCUT2D eigenvalue weighted by molar-refractivity contribution is 6.32. The van der Waals surface area contributed by atoms with E-state index >= 15 is 0 Å². The fourth-order valence-corrected chi connectivity index (χ4v) is 7.46. The van der Waals surface area contributed by atoms with E-state index in [-0.39, 0.29) is 0 Å². The van der Waals surface area contributed by atoms with Crippen molar-refractivity contribution in [1.82, 2.24) is 18.9 Å². The summed E-state index contributed by atoms with van der Waals surface area (Å²) in [6.07, 6.45) is 0. The van der Waals surface area contributed by atoms with E-state index in [4.69, 9.17) is 14.4 Å². The van der Waals surface area contributed by atoms with Crippen molar-refractivity contribution >= 4 is 82.1 Å². The number of nitrogens with zero attached hydrogens (tertiary/aromatic N) is 4. The van der Waals surface area contributed by atoms with Crippen LogP contribution in [0.4, 0.5) is 0 Å². The lowest BCUT2D eigenvalue weighted by Gasteiger charge is -2.14. The standard InChI is InChI=1S/C38H20N4O/c1-5-12-28-22(8-1)24-17-18-31-35-34-29(41(28)37(24)35)13-7-14-30(34)42(31)38-36(39-26-10-3-4-11-27(26)40-38)21-16-19-33-25(20-21)23-9-2-6-15-32(23)43-33/h1-20H. The third kappa shape index (κ3) is 2.59. The minimum Gasteiger partial charge on any atom is -0.456 e. The molecule has 11 aromatic rings. The molecule has 5 aromatic heterocycles. The first-order valence-electron chi connectivity index (χ1n) is 14.5. The summed E-state index contributed by atoms with van der Waals surface area (Å²) in [6.45, 7) is 0. The maximum atomic E-state index is 6.16. The summed E-state index contributed by atoms with van der Waals surface area (Å²) in [4.78, 5) is 10.6. The molecule has 198 valence electrons. The van der Waals surface area contributed by atoms with Crippen molar-refractivity contribution in [3.63, 3.8) is 0 Å². The number of benzene rings is 6.